The standard InChI is InChI=1S/C27H32N4S2/c1-3-8-31-24(15-27-12-19-9-20(13-27)11-21(10-19)14-27)29-30-26(31)33-17-23-16-32-25(28-23)22-6-4-18(2)5-7-22/h3-7,16,19-21H,1,8-15,17H2,2H3. The Morgan fingerprint density at radius 2 is 1.79 bits per heavy atom. The number of aromatic nitrogens is 4. The number of hydrogen-bond donors (Lipinski definition) is 0. The molecule has 4 bridgehead atoms. The van der Waals surface area contributed by atoms with Crippen LogP contribution in [0, 0.1) is 30.1 Å². The minimum absolute atomic E-state index is 0.473. The second kappa shape index (κ2) is 8.70. The fourth-order valence-electron chi connectivity index (χ4n) is 7.05. The van der Waals surface area contributed by atoms with Crippen molar-refractivity contribution in [2.24, 2.45) is 23.2 Å². The molecule has 4 saturated carbocycles. The molecule has 0 saturated heterocycles. The van der Waals surface area contributed by atoms with Gasteiger partial charge in [-0.25, -0.2) is 4.98 Å². The van der Waals surface area contributed by atoms with E-state index >= 15 is 0 Å². The number of hydrogen-bond acceptors (Lipinski definition) is 5. The van der Waals surface area contributed by atoms with Crippen LogP contribution >= 0.6 is 23.1 Å². The second-order valence-electron chi connectivity index (χ2n) is 10.7. The predicted octanol–water partition coefficient (Wildman–Crippen LogP) is 6.95. The normalized spacial score (nSPS) is 27.8. The first-order valence-corrected chi connectivity index (χ1v) is 14.1. The summed E-state index contributed by atoms with van der Waals surface area (Å²) in [6, 6.07) is 8.60. The third-order valence-corrected chi connectivity index (χ3v) is 9.94. The van der Waals surface area contributed by atoms with Gasteiger partial charge in [-0.05, 0) is 68.6 Å². The molecule has 0 amide bonds. The molecule has 4 aliphatic carbocycles. The molecular weight excluding hydrogens is 444 g/mol. The van der Waals surface area contributed by atoms with E-state index in [2.05, 4.69) is 52.8 Å². The van der Waals surface area contributed by atoms with Crippen LogP contribution in [-0.2, 0) is 18.7 Å². The van der Waals surface area contributed by atoms with Gasteiger partial charge < -0.3 is 4.57 Å². The van der Waals surface area contributed by atoms with Crippen LogP contribution in [0.3, 0.4) is 0 Å². The monoisotopic (exact) mass is 476 g/mol. The third-order valence-electron chi connectivity index (χ3n) is 8.00. The van der Waals surface area contributed by atoms with Gasteiger partial charge >= 0.3 is 0 Å². The molecule has 0 N–H and O–H groups in total. The quantitative estimate of drug-likeness (QED) is 0.261. The van der Waals surface area contributed by atoms with Crippen molar-refractivity contribution < 1.29 is 0 Å². The summed E-state index contributed by atoms with van der Waals surface area (Å²) in [5, 5.41) is 13.6. The summed E-state index contributed by atoms with van der Waals surface area (Å²) in [5.41, 5.74) is 4.04. The van der Waals surface area contributed by atoms with Gasteiger partial charge in [-0.1, -0.05) is 47.7 Å². The fourth-order valence-corrected chi connectivity index (χ4v) is 8.84. The number of rotatable bonds is 8. The van der Waals surface area contributed by atoms with Gasteiger partial charge in [0.05, 0.1) is 5.69 Å². The molecule has 0 spiro atoms. The lowest BCUT2D eigenvalue weighted by molar-refractivity contribution is -0.0535. The Kier molecular flexibility index (Phi) is 5.69. The molecule has 4 fully saturated rings. The minimum Gasteiger partial charge on any atom is -0.302 e. The summed E-state index contributed by atoms with van der Waals surface area (Å²) < 4.78 is 2.31. The van der Waals surface area contributed by atoms with Gasteiger partial charge in [0.1, 0.15) is 10.8 Å². The number of thiazole rings is 1. The van der Waals surface area contributed by atoms with Gasteiger partial charge in [0.2, 0.25) is 0 Å². The molecule has 4 nitrogen and oxygen atoms in total. The molecule has 2 aromatic heterocycles. The van der Waals surface area contributed by atoms with Crippen LogP contribution in [-0.4, -0.2) is 19.7 Å². The molecule has 3 aromatic rings. The van der Waals surface area contributed by atoms with Crippen molar-refractivity contribution in [3.63, 3.8) is 0 Å². The predicted molar refractivity (Wildman–Crippen MR) is 136 cm³/mol. The Labute approximate surface area is 204 Å². The van der Waals surface area contributed by atoms with Crippen molar-refractivity contribution in [3.05, 3.63) is 59.4 Å². The summed E-state index contributed by atoms with van der Waals surface area (Å²) in [6.07, 6.45) is 11.7. The van der Waals surface area contributed by atoms with Crippen molar-refractivity contribution in [2.75, 3.05) is 0 Å². The molecule has 0 aliphatic heterocycles. The summed E-state index contributed by atoms with van der Waals surface area (Å²) >= 11 is 3.47. The highest BCUT2D eigenvalue weighted by molar-refractivity contribution is 7.98. The zero-order valence-corrected chi connectivity index (χ0v) is 21.0. The molecular formula is C27H32N4S2. The molecule has 172 valence electrons. The van der Waals surface area contributed by atoms with Gasteiger partial charge in [0, 0.05) is 29.7 Å². The summed E-state index contributed by atoms with van der Waals surface area (Å²) in [6.45, 7) is 6.91. The molecule has 0 unspecified atom stereocenters. The maximum Gasteiger partial charge on any atom is 0.191 e. The highest BCUT2D eigenvalue weighted by Gasteiger charge is 2.51. The zero-order chi connectivity index (χ0) is 22.4. The summed E-state index contributed by atoms with van der Waals surface area (Å²) in [5.74, 6) is 4.88. The topological polar surface area (TPSA) is 43.6 Å². The average Bonchev–Trinajstić information content (AvgIpc) is 3.39. The Balaban J connectivity index is 1.17. The number of nitrogens with zero attached hydrogens (tertiary/aromatic N) is 4. The molecule has 1 aromatic carbocycles. The first-order valence-electron chi connectivity index (χ1n) is 12.3. The Hall–Kier alpha value is -1.92. The van der Waals surface area contributed by atoms with Crippen molar-refractivity contribution in [1.82, 2.24) is 19.7 Å². The van der Waals surface area contributed by atoms with Crippen LogP contribution in [0.4, 0.5) is 0 Å². The SMILES string of the molecule is C=CCn1c(CC23CC4CC(CC(C4)C2)C3)nnc1SCc1csc(-c2ccc(C)cc2)n1. The second-order valence-corrected chi connectivity index (χ2v) is 12.5. The molecule has 4 aliphatic rings. The van der Waals surface area contributed by atoms with Crippen LogP contribution in [0.5, 0.6) is 0 Å². The molecule has 0 atom stereocenters. The van der Waals surface area contributed by atoms with Gasteiger partial charge in [-0.2, -0.15) is 0 Å². The summed E-state index contributed by atoms with van der Waals surface area (Å²) in [4.78, 5) is 4.87. The Morgan fingerprint density at radius 1 is 1.09 bits per heavy atom. The highest BCUT2D eigenvalue weighted by Crippen LogP contribution is 2.61. The van der Waals surface area contributed by atoms with E-state index < -0.39 is 0 Å². The van der Waals surface area contributed by atoms with Crippen molar-refractivity contribution in [1.29, 1.82) is 0 Å². The van der Waals surface area contributed by atoms with E-state index in [9.17, 15) is 0 Å². The first kappa shape index (κ1) is 21.6. The lowest BCUT2D eigenvalue weighted by Crippen LogP contribution is -2.47. The van der Waals surface area contributed by atoms with E-state index in [1.807, 2.05) is 6.08 Å². The van der Waals surface area contributed by atoms with Gasteiger partial charge in [-0.15, -0.1) is 28.1 Å². The van der Waals surface area contributed by atoms with Crippen molar-refractivity contribution in [2.45, 2.75) is 69.3 Å². The minimum atomic E-state index is 0.473. The van der Waals surface area contributed by atoms with Crippen molar-refractivity contribution >= 4 is 23.1 Å². The zero-order valence-electron chi connectivity index (χ0n) is 19.4. The maximum atomic E-state index is 4.87. The van der Waals surface area contributed by atoms with Crippen LogP contribution in [0.25, 0.3) is 10.6 Å². The number of thioether (sulfide) groups is 1. The van der Waals surface area contributed by atoms with E-state index in [0.29, 0.717) is 5.41 Å². The number of aryl methyl sites for hydroxylation is 1. The molecule has 0 radical (unpaired) electrons. The molecule has 6 heteroatoms. The summed E-state index contributed by atoms with van der Waals surface area (Å²) in [7, 11) is 0. The maximum absolute atomic E-state index is 4.87. The van der Waals surface area contributed by atoms with E-state index in [0.717, 1.165) is 58.2 Å². The largest absolute Gasteiger partial charge is 0.302 e. The molecule has 2 heterocycles. The van der Waals surface area contributed by atoms with Crippen LogP contribution in [0.1, 0.15) is 55.6 Å². The molecule has 33 heavy (non-hydrogen) atoms. The van der Waals surface area contributed by atoms with Gasteiger partial charge in [-0.3, -0.25) is 0 Å². The number of benzene rings is 1. The van der Waals surface area contributed by atoms with E-state index in [1.54, 1.807) is 23.1 Å². The van der Waals surface area contributed by atoms with Crippen molar-refractivity contribution in [3.8, 4) is 10.6 Å². The average molecular weight is 477 g/mol. The third kappa shape index (κ3) is 4.32. The van der Waals surface area contributed by atoms with Crippen LogP contribution in [0.15, 0.2) is 47.5 Å². The first-order chi connectivity index (χ1) is 16.1. The van der Waals surface area contributed by atoms with Crippen LogP contribution < -0.4 is 0 Å². The Morgan fingerprint density at radius 3 is 2.45 bits per heavy atom. The fraction of sp³-hybridized carbons (Fsp3) is 0.519. The van der Waals surface area contributed by atoms with Crippen LogP contribution in [0.2, 0.25) is 0 Å². The van der Waals surface area contributed by atoms with E-state index in [-0.39, 0.29) is 0 Å². The Bertz CT molecular complexity index is 1110. The van der Waals surface area contributed by atoms with E-state index in [1.165, 1.54) is 49.7 Å². The van der Waals surface area contributed by atoms with Gasteiger partial charge in [0.15, 0.2) is 5.16 Å². The lowest BCUT2D eigenvalue weighted by atomic mass is 9.49. The molecule has 7 rings (SSSR count). The lowest BCUT2D eigenvalue weighted by Gasteiger charge is -2.56. The number of allylic oxidation sites excluding steroid dienone is 1. The van der Waals surface area contributed by atoms with E-state index in [4.69, 9.17) is 10.1 Å². The van der Waals surface area contributed by atoms with Gasteiger partial charge in [0.25, 0.3) is 0 Å². The smallest absolute Gasteiger partial charge is 0.191 e. The highest BCUT2D eigenvalue weighted by atomic mass is 32.2.